The molecular formula is C16H20Cl3N3O2S. The number of ether oxygens (including phenoxy) is 1. The summed E-state index contributed by atoms with van der Waals surface area (Å²) in [6, 6.07) is 5.65. The largest absolute Gasteiger partial charge is 0.493 e. The van der Waals surface area contributed by atoms with Crippen LogP contribution in [0.1, 0.15) is 17.6 Å². The molecule has 0 fully saturated rings. The normalized spacial score (nSPS) is 11.5. The number of fused-ring (bicyclic) bond motifs is 1. The van der Waals surface area contributed by atoms with Gasteiger partial charge in [-0.15, -0.1) is 36.2 Å². The Bertz CT molecular complexity index is 807. The van der Waals surface area contributed by atoms with Gasteiger partial charge in [0.15, 0.2) is 5.75 Å². The molecule has 0 aliphatic carbocycles. The van der Waals surface area contributed by atoms with Crippen LogP contribution in [0.3, 0.4) is 0 Å². The second-order valence-electron chi connectivity index (χ2n) is 5.34. The van der Waals surface area contributed by atoms with Gasteiger partial charge in [-0.2, -0.15) is 0 Å². The number of pyridine rings is 1. The van der Waals surface area contributed by atoms with Crippen LogP contribution >= 0.6 is 47.8 Å². The van der Waals surface area contributed by atoms with Crippen LogP contribution in [-0.4, -0.2) is 18.1 Å². The van der Waals surface area contributed by atoms with E-state index in [9.17, 15) is 0 Å². The molecule has 5 nitrogen and oxygen atoms in total. The Morgan fingerprint density at radius 2 is 2.20 bits per heavy atom. The van der Waals surface area contributed by atoms with Gasteiger partial charge in [-0.3, -0.25) is 0 Å². The maximum absolute atomic E-state index is 6.18. The number of hydrogen-bond donors (Lipinski definition) is 2. The molecule has 0 amide bonds. The van der Waals surface area contributed by atoms with Crippen molar-refractivity contribution >= 4 is 63.7 Å². The van der Waals surface area contributed by atoms with Crippen LogP contribution in [0.15, 0.2) is 28.9 Å². The maximum atomic E-state index is 6.18. The van der Waals surface area contributed by atoms with Gasteiger partial charge in [0.1, 0.15) is 16.4 Å². The number of furan rings is 1. The second-order valence-corrected chi connectivity index (χ2v) is 6.84. The zero-order valence-electron chi connectivity index (χ0n) is 13.7. The summed E-state index contributed by atoms with van der Waals surface area (Å²) in [5.74, 6) is 1.61. The van der Waals surface area contributed by atoms with Crippen LogP contribution in [0, 0.1) is 0 Å². The highest BCUT2D eigenvalue weighted by Gasteiger charge is 2.19. The first kappa shape index (κ1) is 21.9. The number of methoxy groups -OCH3 is 1. The number of nitrogens with one attached hydrogen (secondary N) is 1. The summed E-state index contributed by atoms with van der Waals surface area (Å²) in [4.78, 5) is 5.50. The minimum Gasteiger partial charge on any atom is -0.493 e. The monoisotopic (exact) mass is 423 g/mol. The molecule has 1 unspecified atom stereocenters. The first-order valence-electron chi connectivity index (χ1n) is 7.26. The number of nitrogens with two attached hydrogens (primary N) is 1. The average molecular weight is 425 g/mol. The fourth-order valence-electron chi connectivity index (χ4n) is 2.43. The average Bonchev–Trinajstić information content (AvgIpc) is 3.11. The third kappa shape index (κ3) is 4.92. The quantitative estimate of drug-likeness (QED) is 0.551. The number of rotatable bonds is 6. The Labute approximate surface area is 167 Å². The SMILES string of the molecule is COc1c(CC(C)N)sc2c(NCc3ccco3)cc(Cl)nc12.Cl.Cl. The van der Waals surface area contributed by atoms with E-state index in [-0.39, 0.29) is 30.9 Å². The molecule has 0 bridgehead atoms. The van der Waals surface area contributed by atoms with Crippen molar-refractivity contribution in [2.75, 3.05) is 12.4 Å². The van der Waals surface area contributed by atoms with Crippen LogP contribution in [0.2, 0.25) is 5.15 Å². The lowest BCUT2D eigenvalue weighted by atomic mass is 10.2. The summed E-state index contributed by atoms with van der Waals surface area (Å²) in [6.07, 6.45) is 2.39. The molecule has 0 aliphatic rings. The first-order valence-corrected chi connectivity index (χ1v) is 8.45. The Morgan fingerprint density at radius 3 is 2.80 bits per heavy atom. The molecule has 9 heteroatoms. The highest BCUT2D eigenvalue weighted by atomic mass is 35.5. The minimum atomic E-state index is 0. The second kappa shape index (κ2) is 9.50. The van der Waals surface area contributed by atoms with Gasteiger partial charge < -0.3 is 20.2 Å². The molecule has 0 radical (unpaired) electrons. The van der Waals surface area contributed by atoms with E-state index in [1.165, 1.54) is 0 Å². The molecule has 3 rings (SSSR count). The molecule has 3 aromatic heterocycles. The van der Waals surface area contributed by atoms with Crippen molar-refractivity contribution in [3.8, 4) is 5.75 Å². The zero-order valence-corrected chi connectivity index (χ0v) is 17.0. The predicted molar refractivity (Wildman–Crippen MR) is 109 cm³/mol. The van der Waals surface area contributed by atoms with Gasteiger partial charge >= 0.3 is 0 Å². The third-order valence-corrected chi connectivity index (χ3v) is 4.79. The standard InChI is InChI=1S/C16H18ClN3O2S.2ClH/c1-9(18)6-12-15(21-2)14-16(23-12)11(7-13(17)20-14)19-8-10-4-3-5-22-10;;/h3-5,7,9H,6,8,18H2,1-2H3,(H,19,20);2*1H. The predicted octanol–water partition coefficient (Wildman–Crippen LogP) is 4.90. The van der Waals surface area contributed by atoms with Crippen molar-refractivity contribution in [1.29, 1.82) is 0 Å². The number of anilines is 1. The minimum absolute atomic E-state index is 0. The molecule has 138 valence electrons. The molecule has 25 heavy (non-hydrogen) atoms. The Hall–Kier alpha value is -1.18. The fourth-order valence-corrected chi connectivity index (χ4v) is 3.96. The van der Waals surface area contributed by atoms with E-state index in [0.29, 0.717) is 11.7 Å². The van der Waals surface area contributed by atoms with Crippen LogP contribution in [-0.2, 0) is 13.0 Å². The van der Waals surface area contributed by atoms with Crippen LogP contribution in [0.25, 0.3) is 10.2 Å². The van der Waals surface area contributed by atoms with Crippen LogP contribution < -0.4 is 15.8 Å². The number of hydrogen-bond acceptors (Lipinski definition) is 6. The molecule has 3 N–H and O–H groups in total. The molecular weight excluding hydrogens is 405 g/mol. The van der Waals surface area contributed by atoms with Crippen molar-refractivity contribution in [2.45, 2.75) is 25.9 Å². The first-order chi connectivity index (χ1) is 11.1. The van der Waals surface area contributed by atoms with Gasteiger partial charge in [-0.05, 0) is 19.1 Å². The van der Waals surface area contributed by atoms with Crippen molar-refractivity contribution in [3.63, 3.8) is 0 Å². The fraction of sp³-hybridized carbons (Fsp3) is 0.312. The smallest absolute Gasteiger partial charge is 0.159 e. The van der Waals surface area contributed by atoms with Crippen molar-refractivity contribution in [3.05, 3.63) is 40.3 Å². The number of halogens is 3. The molecule has 0 aliphatic heterocycles. The molecule has 0 saturated carbocycles. The van der Waals surface area contributed by atoms with E-state index in [1.54, 1.807) is 24.7 Å². The molecule has 0 saturated heterocycles. The number of nitrogens with zero attached hydrogens (tertiary/aromatic N) is 1. The molecule has 1 atom stereocenters. The van der Waals surface area contributed by atoms with E-state index in [0.717, 1.165) is 38.7 Å². The van der Waals surface area contributed by atoms with Crippen LogP contribution in [0.4, 0.5) is 5.69 Å². The van der Waals surface area contributed by atoms with E-state index >= 15 is 0 Å². The molecule has 0 aromatic carbocycles. The molecule has 3 aromatic rings. The van der Waals surface area contributed by atoms with E-state index < -0.39 is 0 Å². The summed E-state index contributed by atoms with van der Waals surface area (Å²) in [5.41, 5.74) is 7.62. The summed E-state index contributed by atoms with van der Waals surface area (Å²) >= 11 is 7.81. The summed E-state index contributed by atoms with van der Waals surface area (Å²) < 4.78 is 11.9. The van der Waals surface area contributed by atoms with Crippen molar-refractivity contribution < 1.29 is 9.15 Å². The zero-order chi connectivity index (χ0) is 16.4. The number of aromatic nitrogens is 1. The summed E-state index contributed by atoms with van der Waals surface area (Å²) in [5, 5.41) is 3.77. The van der Waals surface area contributed by atoms with Gasteiger partial charge in [-0.25, -0.2) is 4.98 Å². The summed E-state index contributed by atoms with van der Waals surface area (Å²) in [7, 11) is 1.64. The van der Waals surface area contributed by atoms with Gasteiger partial charge in [0.25, 0.3) is 0 Å². The van der Waals surface area contributed by atoms with Gasteiger partial charge in [0.2, 0.25) is 0 Å². The third-order valence-electron chi connectivity index (χ3n) is 3.38. The highest BCUT2D eigenvalue weighted by molar-refractivity contribution is 7.20. The van der Waals surface area contributed by atoms with E-state index in [4.69, 9.17) is 26.5 Å². The van der Waals surface area contributed by atoms with E-state index in [2.05, 4.69) is 10.3 Å². The highest BCUT2D eigenvalue weighted by Crippen LogP contribution is 2.42. The lowest BCUT2D eigenvalue weighted by molar-refractivity contribution is 0.415. The lowest BCUT2D eigenvalue weighted by Crippen LogP contribution is -2.17. The molecule has 3 heterocycles. The topological polar surface area (TPSA) is 73.3 Å². The molecule has 0 spiro atoms. The maximum Gasteiger partial charge on any atom is 0.159 e. The van der Waals surface area contributed by atoms with Gasteiger partial charge in [0, 0.05) is 18.5 Å². The lowest BCUT2D eigenvalue weighted by Gasteiger charge is -2.07. The van der Waals surface area contributed by atoms with E-state index in [1.807, 2.05) is 25.1 Å². The van der Waals surface area contributed by atoms with Gasteiger partial charge in [-0.1, -0.05) is 11.6 Å². The Kier molecular flexibility index (Phi) is 8.31. The summed E-state index contributed by atoms with van der Waals surface area (Å²) in [6.45, 7) is 2.55. The van der Waals surface area contributed by atoms with Gasteiger partial charge in [0.05, 0.1) is 35.2 Å². The Balaban J connectivity index is 0.00000156. The van der Waals surface area contributed by atoms with Crippen molar-refractivity contribution in [1.82, 2.24) is 4.98 Å². The number of thiophene rings is 1. The van der Waals surface area contributed by atoms with Crippen LogP contribution in [0.5, 0.6) is 5.75 Å². The van der Waals surface area contributed by atoms with Crippen molar-refractivity contribution in [2.24, 2.45) is 5.73 Å². The Morgan fingerprint density at radius 1 is 1.44 bits per heavy atom.